The molecule has 1 amide bonds. The van der Waals surface area contributed by atoms with E-state index in [1.54, 1.807) is 11.3 Å². The van der Waals surface area contributed by atoms with Gasteiger partial charge in [0.25, 0.3) is 0 Å². The first-order valence-electron chi connectivity index (χ1n) is 6.98. The van der Waals surface area contributed by atoms with Crippen molar-refractivity contribution in [3.63, 3.8) is 0 Å². The molecule has 1 unspecified atom stereocenters. The number of halogens is 1. The van der Waals surface area contributed by atoms with E-state index < -0.39 is 0 Å². The van der Waals surface area contributed by atoms with E-state index in [9.17, 15) is 4.79 Å². The van der Waals surface area contributed by atoms with E-state index >= 15 is 0 Å². The van der Waals surface area contributed by atoms with Crippen molar-refractivity contribution in [3.05, 3.63) is 51.1 Å². The van der Waals surface area contributed by atoms with Gasteiger partial charge in [-0.3, -0.25) is 4.79 Å². The van der Waals surface area contributed by atoms with Gasteiger partial charge in [0, 0.05) is 14.9 Å². The maximum absolute atomic E-state index is 12.1. The molecular weight excluding hydrogens is 378 g/mol. The average Bonchev–Trinajstić information content (AvgIpc) is 3.19. The van der Waals surface area contributed by atoms with Crippen LogP contribution in [0.3, 0.4) is 0 Å². The van der Waals surface area contributed by atoms with Crippen molar-refractivity contribution < 1.29 is 4.79 Å². The zero-order valence-corrected chi connectivity index (χ0v) is 14.7. The van der Waals surface area contributed by atoms with Gasteiger partial charge in [-0.25, -0.2) is 0 Å². The van der Waals surface area contributed by atoms with Crippen molar-refractivity contribution in [1.29, 1.82) is 0 Å². The number of benzene rings is 1. The standard InChI is InChI=1S/C15H14BrN5OS/c1-10(13-3-2-8-23-13)17-14(22)9-21-19-15(18-20-21)11-4-6-12(16)7-5-11/h2-8,10H,9H2,1H3,(H,17,22). The number of carbonyl (C=O) groups is 1. The van der Waals surface area contributed by atoms with E-state index in [4.69, 9.17) is 0 Å². The van der Waals surface area contributed by atoms with Crippen LogP contribution < -0.4 is 5.32 Å². The minimum Gasteiger partial charge on any atom is -0.347 e. The Morgan fingerprint density at radius 2 is 2.13 bits per heavy atom. The second kappa shape index (κ2) is 7.01. The first kappa shape index (κ1) is 15.8. The molecule has 0 bridgehead atoms. The van der Waals surface area contributed by atoms with Gasteiger partial charge in [0.05, 0.1) is 6.04 Å². The lowest BCUT2D eigenvalue weighted by Gasteiger charge is -2.11. The third-order valence-electron chi connectivity index (χ3n) is 3.19. The molecule has 23 heavy (non-hydrogen) atoms. The van der Waals surface area contributed by atoms with Gasteiger partial charge >= 0.3 is 0 Å². The molecule has 2 heterocycles. The number of hydrogen-bond donors (Lipinski definition) is 1. The number of aromatic nitrogens is 4. The number of nitrogens with one attached hydrogen (secondary N) is 1. The Morgan fingerprint density at radius 3 is 2.83 bits per heavy atom. The van der Waals surface area contributed by atoms with Gasteiger partial charge in [-0.05, 0) is 47.8 Å². The van der Waals surface area contributed by atoms with Gasteiger partial charge in [0.2, 0.25) is 11.7 Å². The van der Waals surface area contributed by atoms with Crippen molar-refractivity contribution in [1.82, 2.24) is 25.5 Å². The van der Waals surface area contributed by atoms with Crippen LogP contribution in [0.2, 0.25) is 0 Å². The lowest BCUT2D eigenvalue weighted by Crippen LogP contribution is -2.30. The number of hydrogen-bond acceptors (Lipinski definition) is 5. The molecule has 3 rings (SSSR count). The number of tetrazole rings is 1. The molecule has 1 aromatic carbocycles. The molecule has 0 radical (unpaired) electrons. The summed E-state index contributed by atoms with van der Waals surface area (Å²) < 4.78 is 0.982. The lowest BCUT2D eigenvalue weighted by molar-refractivity contribution is -0.122. The van der Waals surface area contributed by atoms with Crippen molar-refractivity contribution in [2.75, 3.05) is 0 Å². The number of amides is 1. The number of nitrogens with zero attached hydrogens (tertiary/aromatic N) is 4. The lowest BCUT2D eigenvalue weighted by atomic mass is 10.2. The van der Waals surface area contributed by atoms with Crippen molar-refractivity contribution in [2.24, 2.45) is 0 Å². The molecule has 118 valence electrons. The maximum Gasteiger partial charge on any atom is 0.244 e. The highest BCUT2D eigenvalue weighted by atomic mass is 79.9. The van der Waals surface area contributed by atoms with E-state index in [0.717, 1.165) is 14.9 Å². The van der Waals surface area contributed by atoms with E-state index in [-0.39, 0.29) is 18.5 Å². The number of rotatable bonds is 5. The smallest absolute Gasteiger partial charge is 0.244 e. The molecule has 2 aromatic heterocycles. The zero-order chi connectivity index (χ0) is 16.2. The van der Waals surface area contributed by atoms with Gasteiger partial charge in [0.1, 0.15) is 6.54 Å². The first-order chi connectivity index (χ1) is 11.1. The molecule has 6 nitrogen and oxygen atoms in total. The Hall–Kier alpha value is -2.06. The van der Waals surface area contributed by atoms with Crippen molar-refractivity contribution in [2.45, 2.75) is 19.5 Å². The molecule has 0 spiro atoms. The molecule has 0 saturated heterocycles. The van der Waals surface area contributed by atoms with Gasteiger partial charge in [-0.2, -0.15) is 4.80 Å². The van der Waals surface area contributed by atoms with Gasteiger partial charge in [0.15, 0.2) is 0 Å². The highest BCUT2D eigenvalue weighted by Gasteiger charge is 2.13. The summed E-state index contributed by atoms with van der Waals surface area (Å²) >= 11 is 4.99. The highest BCUT2D eigenvalue weighted by Crippen LogP contribution is 2.18. The minimum atomic E-state index is -0.148. The molecule has 3 aromatic rings. The van der Waals surface area contributed by atoms with Crippen LogP contribution in [0.4, 0.5) is 0 Å². The fraction of sp³-hybridized carbons (Fsp3) is 0.200. The minimum absolute atomic E-state index is 0.0306. The van der Waals surface area contributed by atoms with Crippen LogP contribution in [-0.4, -0.2) is 26.1 Å². The maximum atomic E-state index is 12.1. The topological polar surface area (TPSA) is 72.7 Å². The van der Waals surface area contributed by atoms with Crippen LogP contribution in [0.1, 0.15) is 17.8 Å². The largest absolute Gasteiger partial charge is 0.347 e. The SMILES string of the molecule is CC(NC(=O)Cn1nnc(-c2ccc(Br)cc2)n1)c1cccs1. The Bertz CT molecular complexity index is 785. The second-order valence-electron chi connectivity index (χ2n) is 4.95. The predicted octanol–water partition coefficient (Wildman–Crippen LogP) is 3.04. The Morgan fingerprint density at radius 1 is 1.35 bits per heavy atom. The summed E-state index contributed by atoms with van der Waals surface area (Å²) in [6, 6.07) is 11.5. The summed E-state index contributed by atoms with van der Waals surface area (Å²) in [5.41, 5.74) is 0.854. The van der Waals surface area contributed by atoms with Crippen LogP contribution >= 0.6 is 27.3 Å². The fourth-order valence-corrected chi connectivity index (χ4v) is 3.05. The molecular formula is C15H14BrN5OS. The quantitative estimate of drug-likeness (QED) is 0.725. The molecule has 0 saturated carbocycles. The normalized spacial score (nSPS) is 12.1. The highest BCUT2D eigenvalue weighted by molar-refractivity contribution is 9.10. The monoisotopic (exact) mass is 391 g/mol. The zero-order valence-electron chi connectivity index (χ0n) is 12.3. The second-order valence-corrected chi connectivity index (χ2v) is 6.85. The molecule has 0 aliphatic carbocycles. The summed E-state index contributed by atoms with van der Waals surface area (Å²) in [4.78, 5) is 14.5. The van der Waals surface area contributed by atoms with Crippen LogP contribution in [0.15, 0.2) is 46.3 Å². The molecule has 1 N–H and O–H groups in total. The van der Waals surface area contributed by atoms with Crippen LogP contribution in [0.25, 0.3) is 11.4 Å². The summed E-state index contributed by atoms with van der Waals surface area (Å²) in [6.45, 7) is 1.99. The third kappa shape index (κ3) is 4.02. The predicted molar refractivity (Wildman–Crippen MR) is 91.8 cm³/mol. The molecule has 8 heteroatoms. The van der Waals surface area contributed by atoms with Crippen LogP contribution in [-0.2, 0) is 11.3 Å². The van der Waals surface area contributed by atoms with Crippen molar-refractivity contribution >= 4 is 33.2 Å². The summed E-state index contributed by atoms with van der Waals surface area (Å²) in [5.74, 6) is 0.349. The summed E-state index contributed by atoms with van der Waals surface area (Å²) in [5, 5.41) is 17.1. The van der Waals surface area contributed by atoms with Crippen LogP contribution in [0, 0.1) is 0 Å². The van der Waals surface area contributed by atoms with Gasteiger partial charge in [-0.15, -0.1) is 21.5 Å². The molecule has 0 fully saturated rings. The van der Waals surface area contributed by atoms with Gasteiger partial charge < -0.3 is 5.32 Å². The molecule has 0 aliphatic rings. The van der Waals surface area contributed by atoms with Gasteiger partial charge in [-0.1, -0.05) is 22.0 Å². The van der Waals surface area contributed by atoms with E-state index in [1.165, 1.54) is 4.80 Å². The Labute approximate surface area is 145 Å². The Balaban J connectivity index is 1.62. The first-order valence-corrected chi connectivity index (χ1v) is 8.65. The third-order valence-corrected chi connectivity index (χ3v) is 4.77. The molecule has 0 aliphatic heterocycles. The van der Waals surface area contributed by atoms with E-state index in [0.29, 0.717) is 5.82 Å². The van der Waals surface area contributed by atoms with E-state index in [2.05, 4.69) is 36.7 Å². The number of thiophene rings is 1. The Kier molecular flexibility index (Phi) is 4.82. The summed E-state index contributed by atoms with van der Waals surface area (Å²) in [7, 11) is 0. The average molecular weight is 392 g/mol. The van der Waals surface area contributed by atoms with Crippen molar-refractivity contribution in [3.8, 4) is 11.4 Å². The van der Waals surface area contributed by atoms with E-state index in [1.807, 2.05) is 48.7 Å². The molecule has 1 atom stereocenters. The summed E-state index contributed by atoms with van der Waals surface area (Å²) in [6.07, 6.45) is 0. The fourth-order valence-electron chi connectivity index (χ4n) is 2.05. The van der Waals surface area contributed by atoms with Crippen LogP contribution in [0.5, 0.6) is 0 Å². The number of carbonyl (C=O) groups excluding carboxylic acids is 1.